The molecule has 0 bridgehead atoms. The number of amides is 1. The summed E-state index contributed by atoms with van der Waals surface area (Å²) in [7, 11) is -3.49. The molecule has 0 aromatic heterocycles. The molecule has 1 amide bonds. The molecular formula is C18H24ClNO5S. The van der Waals surface area contributed by atoms with Crippen LogP contribution in [0.3, 0.4) is 0 Å². The lowest BCUT2D eigenvalue weighted by atomic mass is 9.86. The number of benzene rings is 1. The van der Waals surface area contributed by atoms with E-state index >= 15 is 0 Å². The Morgan fingerprint density at radius 1 is 1.27 bits per heavy atom. The van der Waals surface area contributed by atoms with Crippen LogP contribution in [0, 0.1) is 5.92 Å². The average Bonchev–Trinajstić information content (AvgIpc) is 2.56. The summed E-state index contributed by atoms with van der Waals surface area (Å²) >= 11 is 5.98. The normalized spacial score (nSPS) is 21.7. The van der Waals surface area contributed by atoms with Crippen LogP contribution < -0.4 is 5.32 Å². The molecule has 26 heavy (non-hydrogen) atoms. The predicted molar refractivity (Wildman–Crippen MR) is 99.0 cm³/mol. The molecule has 1 aromatic carbocycles. The van der Waals surface area contributed by atoms with Crippen LogP contribution in [0.25, 0.3) is 0 Å². The number of esters is 1. The van der Waals surface area contributed by atoms with Gasteiger partial charge in [-0.1, -0.05) is 31.4 Å². The van der Waals surface area contributed by atoms with Crippen molar-refractivity contribution in [2.75, 3.05) is 6.26 Å². The standard InChI is InChI=1S/C18H24ClNO5S/c1-11-6-4-5-7-16(11)20-17(21)12(2)25-18(22)14-10-13(26(3,23)24)8-9-15(14)19/h8-12,16H,4-7H2,1-3H3,(H,20,21). The van der Waals surface area contributed by atoms with E-state index in [9.17, 15) is 18.0 Å². The van der Waals surface area contributed by atoms with E-state index in [4.69, 9.17) is 16.3 Å². The summed E-state index contributed by atoms with van der Waals surface area (Å²) in [5, 5.41) is 3.00. The Balaban J connectivity index is 2.05. The molecule has 0 saturated heterocycles. The van der Waals surface area contributed by atoms with Crippen LogP contribution in [0.4, 0.5) is 0 Å². The third-order valence-electron chi connectivity index (χ3n) is 4.68. The lowest BCUT2D eigenvalue weighted by Crippen LogP contribution is -2.46. The second-order valence-corrected chi connectivity index (χ2v) is 9.26. The van der Waals surface area contributed by atoms with Gasteiger partial charge in [0.05, 0.1) is 15.5 Å². The molecule has 1 aliphatic rings. The van der Waals surface area contributed by atoms with Gasteiger partial charge >= 0.3 is 5.97 Å². The number of rotatable bonds is 5. The molecule has 6 nitrogen and oxygen atoms in total. The van der Waals surface area contributed by atoms with Crippen molar-refractivity contribution in [3.63, 3.8) is 0 Å². The molecule has 2 rings (SSSR count). The molecule has 8 heteroatoms. The Morgan fingerprint density at radius 2 is 1.92 bits per heavy atom. The lowest BCUT2D eigenvalue weighted by Gasteiger charge is -2.30. The van der Waals surface area contributed by atoms with Crippen molar-refractivity contribution >= 4 is 33.3 Å². The molecule has 3 unspecified atom stereocenters. The van der Waals surface area contributed by atoms with Gasteiger partial charge in [0.2, 0.25) is 0 Å². The van der Waals surface area contributed by atoms with Gasteiger partial charge in [-0.3, -0.25) is 4.79 Å². The van der Waals surface area contributed by atoms with Gasteiger partial charge in [-0.15, -0.1) is 0 Å². The Labute approximate surface area is 159 Å². The molecule has 1 fully saturated rings. The van der Waals surface area contributed by atoms with Gasteiger partial charge in [-0.05, 0) is 43.9 Å². The fourth-order valence-electron chi connectivity index (χ4n) is 3.00. The summed E-state index contributed by atoms with van der Waals surface area (Å²) in [6, 6.07) is 3.88. The smallest absolute Gasteiger partial charge is 0.340 e. The van der Waals surface area contributed by atoms with E-state index in [1.165, 1.54) is 19.1 Å². The van der Waals surface area contributed by atoms with Crippen molar-refractivity contribution in [1.82, 2.24) is 5.32 Å². The van der Waals surface area contributed by atoms with Gasteiger partial charge in [0, 0.05) is 12.3 Å². The number of hydrogen-bond donors (Lipinski definition) is 1. The Morgan fingerprint density at radius 3 is 2.54 bits per heavy atom. The van der Waals surface area contributed by atoms with Gasteiger partial charge in [0.15, 0.2) is 15.9 Å². The number of hydrogen-bond acceptors (Lipinski definition) is 5. The fourth-order valence-corrected chi connectivity index (χ4v) is 3.84. The molecule has 0 heterocycles. The van der Waals surface area contributed by atoms with Crippen LogP contribution >= 0.6 is 11.6 Å². The molecule has 0 spiro atoms. The molecular weight excluding hydrogens is 378 g/mol. The SMILES string of the molecule is CC(OC(=O)c1cc(S(C)(=O)=O)ccc1Cl)C(=O)NC1CCCCC1C. The summed E-state index contributed by atoms with van der Waals surface area (Å²) in [4.78, 5) is 24.6. The number of carbonyl (C=O) groups is 2. The number of nitrogens with one attached hydrogen (secondary N) is 1. The van der Waals surface area contributed by atoms with E-state index in [1.54, 1.807) is 0 Å². The van der Waals surface area contributed by atoms with Crippen molar-refractivity contribution in [3.05, 3.63) is 28.8 Å². The number of halogens is 1. The fraction of sp³-hybridized carbons (Fsp3) is 0.556. The summed E-state index contributed by atoms with van der Waals surface area (Å²) in [5.41, 5.74) is -0.0831. The first-order valence-electron chi connectivity index (χ1n) is 8.60. The van der Waals surface area contributed by atoms with Crippen molar-refractivity contribution < 1.29 is 22.7 Å². The zero-order chi connectivity index (χ0) is 19.5. The minimum Gasteiger partial charge on any atom is -0.449 e. The lowest BCUT2D eigenvalue weighted by molar-refractivity contribution is -0.130. The van der Waals surface area contributed by atoms with E-state index in [1.807, 2.05) is 0 Å². The van der Waals surface area contributed by atoms with Crippen molar-refractivity contribution in [3.8, 4) is 0 Å². The summed E-state index contributed by atoms with van der Waals surface area (Å²) in [6.07, 6.45) is 4.23. The van der Waals surface area contributed by atoms with E-state index in [-0.39, 0.29) is 27.4 Å². The monoisotopic (exact) mass is 401 g/mol. The maximum absolute atomic E-state index is 12.3. The first kappa shape index (κ1) is 20.7. The number of sulfone groups is 1. The first-order chi connectivity index (χ1) is 12.1. The second kappa shape index (κ2) is 8.39. The van der Waals surface area contributed by atoms with E-state index in [2.05, 4.69) is 12.2 Å². The number of carbonyl (C=O) groups excluding carboxylic acids is 2. The largest absolute Gasteiger partial charge is 0.449 e. The third-order valence-corrected chi connectivity index (χ3v) is 6.12. The maximum atomic E-state index is 12.3. The van der Waals surface area contributed by atoms with E-state index in [0.717, 1.165) is 38.0 Å². The Bertz CT molecular complexity index is 793. The molecule has 1 aliphatic carbocycles. The average molecular weight is 402 g/mol. The number of ether oxygens (including phenoxy) is 1. The van der Waals surface area contributed by atoms with Crippen LogP contribution in [-0.4, -0.2) is 38.7 Å². The Hall–Kier alpha value is -1.60. The summed E-state index contributed by atoms with van der Waals surface area (Å²) in [5.74, 6) is -0.816. The molecule has 1 aromatic rings. The third kappa shape index (κ3) is 5.20. The summed E-state index contributed by atoms with van der Waals surface area (Å²) < 4.78 is 28.5. The summed E-state index contributed by atoms with van der Waals surface area (Å²) in [6.45, 7) is 3.58. The van der Waals surface area contributed by atoms with Gasteiger partial charge in [-0.2, -0.15) is 0 Å². The van der Waals surface area contributed by atoms with Crippen molar-refractivity contribution in [2.24, 2.45) is 5.92 Å². The molecule has 144 valence electrons. The van der Waals surface area contributed by atoms with Gasteiger partial charge in [0.1, 0.15) is 0 Å². The highest BCUT2D eigenvalue weighted by Gasteiger charge is 2.27. The van der Waals surface area contributed by atoms with Crippen LogP contribution in [0.5, 0.6) is 0 Å². The van der Waals surface area contributed by atoms with Gasteiger partial charge in [0.25, 0.3) is 5.91 Å². The highest BCUT2D eigenvalue weighted by atomic mass is 35.5. The first-order valence-corrected chi connectivity index (χ1v) is 10.9. The van der Waals surface area contributed by atoms with Crippen molar-refractivity contribution in [2.45, 2.75) is 56.6 Å². The zero-order valence-electron chi connectivity index (χ0n) is 15.1. The predicted octanol–water partition coefficient (Wildman–Crippen LogP) is 2.98. The second-order valence-electron chi connectivity index (χ2n) is 6.84. The minimum absolute atomic E-state index is 0.0398. The quantitative estimate of drug-likeness (QED) is 0.766. The highest BCUT2D eigenvalue weighted by molar-refractivity contribution is 7.90. The van der Waals surface area contributed by atoms with Crippen molar-refractivity contribution in [1.29, 1.82) is 0 Å². The van der Waals surface area contributed by atoms with Crippen LogP contribution in [-0.2, 0) is 19.4 Å². The molecule has 0 aliphatic heterocycles. The molecule has 3 atom stereocenters. The molecule has 1 N–H and O–H groups in total. The maximum Gasteiger partial charge on any atom is 0.340 e. The van der Waals surface area contributed by atoms with E-state index in [0.29, 0.717) is 5.92 Å². The van der Waals surface area contributed by atoms with Gasteiger partial charge in [-0.25, -0.2) is 13.2 Å². The topological polar surface area (TPSA) is 89.5 Å². The highest BCUT2D eigenvalue weighted by Crippen LogP contribution is 2.24. The van der Waals surface area contributed by atoms with Crippen LogP contribution in [0.15, 0.2) is 23.1 Å². The van der Waals surface area contributed by atoms with Crippen LogP contribution in [0.1, 0.15) is 49.9 Å². The van der Waals surface area contributed by atoms with E-state index < -0.39 is 21.9 Å². The minimum atomic E-state index is -3.49. The van der Waals surface area contributed by atoms with Crippen LogP contribution in [0.2, 0.25) is 5.02 Å². The Kier molecular flexibility index (Phi) is 6.69. The van der Waals surface area contributed by atoms with Gasteiger partial charge < -0.3 is 10.1 Å². The molecule has 1 saturated carbocycles. The molecule has 0 radical (unpaired) electrons. The zero-order valence-corrected chi connectivity index (χ0v) is 16.7.